The minimum Gasteiger partial charge on any atom is -0.311 e. The van der Waals surface area contributed by atoms with Crippen LogP contribution in [0.3, 0.4) is 0 Å². The number of benzene rings is 1. The van der Waals surface area contributed by atoms with Gasteiger partial charge in [0.05, 0.1) is 5.56 Å². The summed E-state index contributed by atoms with van der Waals surface area (Å²) in [6.07, 6.45) is -4.18. The Kier molecular flexibility index (Phi) is 3.64. The molecule has 1 aliphatic rings. The van der Waals surface area contributed by atoms with E-state index in [2.05, 4.69) is 28.6 Å². The summed E-state index contributed by atoms with van der Waals surface area (Å²) in [6, 6.07) is 3.47. The first-order chi connectivity index (χ1) is 8.27. The average Bonchev–Trinajstić information content (AvgIpc) is 2.55. The van der Waals surface area contributed by atoms with Crippen molar-refractivity contribution in [3.05, 3.63) is 28.2 Å². The van der Waals surface area contributed by atoms with E-state index in [1.165, 1.54) is 11.0 Å². The van der Waals surface area contributed by atoms with Crippen LogP contribution in [-0.4, -0.2) is 17.7 Å². The number of nitrogens with zero attached hydrogens (tertiary/aromatic N) is 1. The third-order valence-corrected chi connectivity index (χ3v) is 3.43. The zero-order valence-electron chi connectivity index (χ0n) is 9.04. The number of anilines is 1. The van der Waals surface area contributed by atoms with Gasteiger partial charge in [0, 0.05) is 28.4 Å². The highest BCUT2D eigenvalue weighted by molar-refractivity contribution is 9.10. The summed E-state index contributed by atoms with van der Waals surface area (Å²) in [5, 5.41) is -0.134. The molecule has 1 unspecified atom stereocenters. The lowest BCUT2D eigenvalue weighted by atomic mass is 10.2. The molecule has 18 heavy (non-hydrogen) atoms. The van der Waals surface area contributed by atoms with Crippen LogP contribution in [0.5, 0.6) is 0 Å². The van der Waals surface area contributed by atoms with Crippen LogP contribution in [-0.2, 0) is 11.0 Å². The van der Waals surface area contributed by atoms with Crippen LogP contribution in [0.25, 0.3) is 0 Å². The Hall–Kier alpha value is -0.690. The largest absolute Gasteiger partial charge is 0.416 e. The van der Waals surface area contributed by atoms with Gasteiger partial charge in [-0.05, 0) is 18.2 Å². The van der Waals surface area contributed by atoms with Gasteiger partial charge in [0.1, 0.15) is 0 Å². The van der Waals surface area contributed by atoms with Crippen molar-refractivity contribution < 1.29 is 18.0 Å². The quantitative estimate of drug-likeness (QED) is 0.776. The second-order valence-corrected chi connectivity index (χ2v) is 5.70. The summed E-state index contributed by atoms with van der Waals surface area (Å²) in [4.78, 5) is 13.0. The van der Waals surface area contributed by atoms with E-state index >= 15 is 0 Å². The summed E-state index contributed by atoms with van der Waals surface area (Å²) < 4.78 is 38.3. The first kappa shape index (κ1) is 13.7. The zero-order chi connectivity index (χ0) is 13.5. The normalized spacial score (nSPS) is 20.6. The Labute approximate surface area is 116 Å². The molecule has 0 aliphatic carbocycles. The molecule has 0 N–H and O–H groups in total. The lowest BCUT2D eigenvalue weighted by Crippen LogP contribution is -2.25. The molecular formula is C11H9BrF3NOS. The Morgan fingerprint density at radius 2 is 2.00 bits per heavy atom. The van der Waals surface area contributed by atoms with Gasteiger partial charge in [0.15, 0.2) is 0 Å². The smallest absolute Gasteiger partial charge is 0.311 e. The Morgan fingerprint density at radius 3 is 2.50 bits per heavy atom. The molecule has 1 saturated heterocycles. The highest BCUT2D eigenvalue weighted by Gasteiger charge is 2.34. The molecule has 0 bridgehead atoms. The molecule has 0 saturated carbocycles. The predicted octanol–water partition coefficient (Wildman–Crippen LogP) is 3.50. The second-order valence-electron chi connectivity index (χ2n) is 4.06. The molecule has 7 heteroatoms. The van der Waals surface area contributed by atoms with Crippen LogP contribution in [0.1, 0.15) is 12.0 Å². The van der Waals surface area contributed by atoms with Gasteiger partial charge in [-0.3, -0.25) is 4.79 Å². The Morgan fingerprint density at radius 1 is 1.33 bits per heavy atom. The van der Waals surface area contributed by atoms with Gasteiger partial charge in [-0.15, -0.1) is 0 Å². The first-order valence-corrected chi connectivity index (χ1v) is 6.44. The summed E-state index contributed by atoms with van der Waals surface area (Å²) >= 11 is 7.20. The topological polar surface area (TPSA) is 20.3 Å². The monoisotopic (exact) mass is 339 g/mol. The zero-order valence-corrected chi connectivity index (χ0v) is 11.5. The lowest BCUT2D eigenvalue weighted by Gasteiger charge is -2.18. The van der Waals surface area contributed by atoms with E-state index in [0.717, 1.165) is 12.1 Å². The van der Waals surface area contributed by atoms with Crippen molar-refractivity contribution in [1.82, 2.24) is 0 Å². The van der Waals surface area contributed by atoms with E-state index in [4.69, 9.17) is 0 Å². The van der Waals surface area contributed by atoms with E-state index in [1.807, 2.05) is 0 Å². The number of carbonyl (C=O) groups is 1. The molecule has 2 rings (SSSR count). The van der Waals surface area contributed by atoms with Crippen LogP contribution in [0.4, 0.5) is 18.9 Å². The van der Waals surface area contributed by atoms with Crippen molar-refractivity contribution >= 4 is 40.2 Å². The number of thiol groups is 1. The average molecular weight is 340 g/mol. The maximum Gasteiger partial charge on any atom is 0.416 e. The number of carbonyl (C=O) groups excluding carboxylic acids is 1. The summed E-state index contributed by atoms with van der Waals surface area (Å²) in [5.41, 5.74) is -0.527. The third kappa shape index (κ3) is 2.83. The van der Waals surface area contributed by atoms with Crippen LogP contribution in [0, 0.1) is 0 Å². The maximum atomic E-state index is 12.7. The van der Waals surface area contributed by atoms with Gasteiger partial charge >= 0.3 is 6.18 Å². The molecule has 0 radical (unpaired) electrons. The molecule has 1 aromatic carbocycles. The van der Waals surface area contributed by atoms with Crippen molar-refractivity contribution in [3.63, 3.8) is 0 Å². The van der Waals surface area contributed by atoms with Crippen LogP contribution in [0.15, 0.2) is 22.7 Å². The lowest BCUT2D eigenvalue weighted by molar-refractivity contribution is -0.137. The molecule has 0 spiro atoms. The molecule has 1 atom stereocenters. The highest BCUT2D eigenvalue weighted by Crippen LogP contribution is 2.35. The van der Waals surface area contributed by atoms with Crippen LogP contribution < -0.4 is 4.90 Å². The number of halogens is 4. The fraction of sp³-hybridized carbons (Fsp3) is 0.364. The van der Waals surface area contributed by atoms with Gasteiger partial charge < -0.3 is 4.90 Å². The van der Waals surface area contributed by atoms with Gasteiger partial charge in [-0.2, -0.15) is 25.8 Å². The van der Waals surface area contributed by atoms with E-state index in [-0.39, 0.29) is 23.3 Å². The highest BCUT2D eigenvalue weighted by atomic mass is 79.9. The molecule has 1 amide bonds. The minimum atomic E-state index is -4.43. The molecule has 2 nitrogen and oxygen atoms in total. The fourth-order valence-electron chi connectivity index (χ4n) is 1.83. The molecule has 0 aromatic heterocycles. The number of hydrogen-bond donors (Lipinski definition) is 1. The summed E-state index contributed by atoms with van der Waals surface area (Å²) in [5.74, 6) is -0.207. The molecule has 1 heterocycles. The van der Waals surface area contributed by atoms with Crippen molar-refractivity contribution in [2.45, 2.75) is 17.8 Å². The van der Waals surface area contributed by atoms with Crippen LogP contribution >= 0.6 is 28.6 Å². The predicted molar refractivity (Wildman–Crippen MR) is 68.9 cm³/mol. The molecule has 1 aromatic rings. The fourth-order valence-corrected chi connectivity index (χ4v) is 2.63. The van der Waals surface area contributed by atoms with Crippen molar-refractivity contribution in [3.8, 4) is 0 Å². The van der Waals surface area contributed by atoms with Gasteiger partial charge in [-0.25, -0.2) is 0 Å². The van der Waals surface area contributed by atoms with Crippen molar-refractivity contribution in [2.75, 3.05) is 11.4 Å². The van der Waals surface area contributed by atoms with E-state index in [1.54, 1.807) is 0 Å². The van der Waals surface area contributed by atoms with E-state index < -0.39 is 11.7 Å². The molecular weight excluding hydrogens is 331 g/mol. The van der Waals surface area contributed by atoms with Gasteiger partial charge in [0.2, 0.25) is 5.91 Å². The van der Waals surface area contributed by atoms with Gasteiger partial charge in [-0.1, -0.05) is 15.9 Å². The van der Waals surface area contributed by atoms with Crippen molar-refractivity contribution in [1.29, 1.82) is 0 Å². The summed E-state index contributed by atoms with van der Waals surface area (Å²) in [6.45, 7) is 0.329. The Balaban J connectivity index is 2.40. The number of alkyl halides is 3. The first-order valence-electron chi connectivity index (χ1n) is 5.13. The molecule has 1 fully saturated rings. The maximum absolute atomic E-state index is 12.7. The standard InChI is InChI=1S/C11H9BrF3NOS/c12-7-1-6(11(13,14)15)2-8(3-7)16-5-9(18)4-10(16)17/h1-3,9,18H,4-5H2. The number of hydrogen-bond acceptors (Lipinski definition) is 2. The van der Waals surface area contributed by atoms with Gasteiger partial charge in [0.25, 0.3) is 0 Å². The molecule has 98 valence electrons. The molecule has 1 aliphatic heterocycles. The van der Waals surface area contributed by atoms with Crippen molar-refractivity contribution in [2.24, 2.45) is 0 Å². The van der Waals surface area contributed by atoms with E-state index in [9.17, 15) is 18.0 Å². The minimum absolute atomic E-state index is 0.134. The number of rotatable bonds is 1. The van der Waals surface area contributed by atoms with Crippen LogP contribution in [0.2, 0.25) is 0 Å². The number of amides is 1. The summed E-state index contributed by atoms with van der Waals surface area (Å²) in [7, 11) is 0. The Bertz CT molecular complexity index is 492. The SMILES string of the molecule is O=C1CC(S)CN1c1cc(Br)cc(C(F)(F)F)c1. The second kappa shape index (κ2) is 4.77. The third-order valence-electron chi connectivity index (χ3n) is 2.63. The van der Waals surface area contributed by atoms with E-state index in [0.29, 0.717) is 11.0 Å².